The van der Waals surface area contributed by atoms with E-state index in [9.17, 15) is 9.18 Å². The van der Waals surface area contributed by atoms with E-state index in [4.69, 9.17) is 0 Å². The fraction of sp³-hybridized carbons (Fsp3) is 0.231. The Bertz CT molecular complexity index is 990. The summed E-state index contributed by atoms with van der Waals surface area (Å²) in [6.45, 7) is 2.05. The van der Waals surface area contributed by atoms with Gasteiger partial charge in [-0.15, -0.1) is 0 Å². The Labute approximate surface area is 176 Å². The number of benzene rings is 3. The van der Waals surface area contributed by atoms with Crippen molar-refractivity contribution in [3.8, 4) is 0 Å². The second-order valence-corrected chi connectivity index (χ2v) is 7.75. The van der Waals surface area contributed by atoms with E-state index in [0.29, 0.717) is 6.42 Å². The Morgan fingerprint density at radius 3 is 2.07 bits per heavy atom. The highest BCUT2D eigenvalue weighted by Gasteiger charge is 2.60. The van der Waals surface area contributed by atoms with Crippen LogP contribution >= 0.6 is 0 Å². The molecule has 0 aliphatic heterocycles. The summed E-state index contributed by atoms with van der Waals surface area (Å²) in [6, 6.07) is 26.6. The van der Waals surface area contributed by atoms with Gasteiger partial charge in [-0.1, -0.05) is 86.1 Å². The van der Waals surface area contributed by atoms with Gasteiger partial charge in [0.2, 0.25) is 5.91 Å². The van der Waals surface area contributed by atoms with E-state index in [-0.39, 0.29) is 23.1 Å². The van der Waals surface area contributed by atoms with Gasteiger partial charge in [0.25, 0.3) is 0 Å². The van der Waals surface area contributed by atoms with Crippen LogP contribution in [0.5, 0.6) is 0 Å². The molecule has 1 aliphatic carbocycles. The van der Waals surface area contributed by atoms with Crippen LogP contribution in [0.4, 0.5) is 4.39 Å². The number of nitrogens with zero attached hydrogens (tertiary/aromatic N) is 1. The minimum Gasteiger partial charge on any atom is -0.273 e. The predicted octanol–water partition coefficient (Wildman–Crippen LogP) is 5.45. The molecular weight excluding hydrogens is 375 g/mol. The van der Waals surface area contributed by atoms with E-state index >= 15 is 0 Å². The molecule has 1 fully saturated rings. The van der Waals surface area contributed by atoms with Gasteiger partial charge in [-0.3, -0.25) is 4.79 Å². The molecule has 3 aromatic carbocycles. The molecule has 1 atom stereocenters. The maximum absolute atomic E-state index is 13.3. The molecule has 0 aromatic heterocycles. The van der Waals surface area contributed by atoms with E-state index < -0.39 is 0 Å². The Morgan fingerprint density at radius 2 is 1.53 bits per heavy atom. The minimum absolute atomic E-state index is 0.0848. The number of nitrogens with one attached hydrogen (secondary N) is 1. The van der Waals surface area contributed by atoms with Crippen LogP contribution in [0, 0.1) is 11.7 Å². The average molecular weight is 400 g/mol. The first-order chi connectivity index (χ1) is 14.6. The molecule has 4 rings (SSSR count). The monoisotopic (exact) mass is 400 g/mol. The summed E-state index contributed by atoms with van der Waals surface area (Å²) in [7, 11) is 0. The topological polar surface area (TPSA) is 41.5 Å². The first kappa shape index (κ1) is 20.0. The van der Waals surface area contributed by atoms with Crippen molar-refractivity contribution in [2.45, 2.75) is 31.6 Å². The van der Waals surface area contributed by atoms with Gasteiger partial charge in [-0.25, -0.2) is 9.82 Å². The number of carbonyl (C=O) groups is 1. The zero-order chi connectivity index (χ0) is 21.0. The summed E-state index contributed by atoms with van der Waals surface area (Å²) in [6.07, 6.45) is 2.34. The molecule has 0 heterocycles. The van der Waals surface area contributed by atoms with Crippen LogP contribution < -0.4 is 5.43 Å². The van der Waals surface area contributed by atoms with Crippen molar-refractivity contribution in [3.05, 3.63) is 107 Å². The Kier molecular flexibility index (Phi) is 5.75. The summed E-state index contributed by atoms with van der Waals surface area (Å²) < 4.78 is 13.3. The van der Waals surface area contributed by atoms with E-state index in [1.165, 1.54) is 12.1 Å². The van der Waals surface area contributed by atoms with Gasteiger partial charge >= 0.3 is 0 Å². The summed E-state index contributed by atoms with van der Waals surface area (Å²) >= 11 is 0. The second kappa shape index (κ2) is 8.62. The highest BCUT2D eigenvalue weighted by Crippen LogP contribution is 2.58. The number of hydrogen-bond acceptors (Lipinski definition) is 2. The van der Waals surface area contributed by atoms with E-state index in [1.807, 2.05) is 36.4 Å². The van der Waals surface area contributed by atoms with Gasteiger partial charge in [0, 0.05) is 5.41 Å². The first-order valence-electron chi connectivity index (χ1n) is 10.4. The van der Waals surface area contributed by atoms with Gasteiger partial charge in [0.1, 0.15) is 5.82 Å². The highest BCUT2D eigenvalue weighted by molar-refractivity contribution is 6.01. The van der Waals surface area contributed by atoms with Gasteiger partial charge in [-0.05, 0) is 41.7 Å². The Hall–Kier alpha value is -3.27. The number of hydrazone groups is 1. The van der Waals surface area contributed by atoms with Crippen LogP contribution in [0.25, 0.3) is 0 Å². The molecule has 1 N–H and O–H groups in total. The molecule has 1 unspecified atom stereocenters. The standard InChI is InChI=1S/C26H25FN2O/c1-2-9-24(19-14-16-22(27)17-15-19)28-29-25(30)23-18-26(23,20-10-5-3-6-11-20)21-12-7-4-8-13-21/h3-8,10-17,23H,2,9,18H2,1H3,(H,29,30). The fourth-order valence-electron chi connectivity index (χ4n) is 4.20. The smallest absolute Gasteiger partial charge is 0.244 e. The molecular formula is C26H25FN2O. The molecule has 0 radical (unpaired) electrons. The van der Waals surface area contributed by atoms with Crippen molar-refractivity contribution < 1.29 is 9.18 Å². The summed E-state index contributed by atoms with van der Waals surface area (Å²) in [5.41, 5.74) is 6.35. The lowest BCUT2D eigenvalue weighted by molar-refractivity contribution is -0.122. The summed E-state index contributed by atoms with van der Waals surface area (Å²) in [5, 5.41) is 4.42. The van der Waals surface area contributed by atoms with Crippen molar-refractivity contribution >= 4 is 11.6 Å². The number of amides is 1. The van der Waals surface area contributed by atoms with Crippen LogP contribution in [0.15, 0.2) is 90.0 Å². The lowest BCUT2D eigenvalue weighted by atomic mass is 9.85. The fourth-order valence-corrected chi connectivity index (χ4v) is 4.20. The van der Waals surface area contributed by atoms with Gasteiger partial charge in [0.05, 0.1) is 11.6 Å². The van der Waals surface area contributed by atoms with Crippen LogP contribution in [0.1, 0.15) is 42.9 Å². The van der Waals surface area contributed by atoms with E-state index in [1.54, 1.807) is 12.1 Å². The maximum Gasteiger partial charge on any atom is 0.244 e. The number of halogens is 1. The first-order valence-corrected chi connectivity index (χ1v) is 10.4. The quantitative estimate of drug-likeness (QED) is 0.416. The summed E-state index contributed by atoms with van der Waals surface area (Å²) in [5.74, 6) is -0.548. The molecule has 4 heteroatoms. The van der Waals surface area contributed by atoms with Crippen LogP contribution in [-0.4, -0.2) is 11.6 Å². The predicted molar refractivity (Wildman–Crippen MR) is 118 cm³/mol. The van der Waals surface area contributed by atoms with Crippen LogP contribution in [0.2, 0.25) is 0 Å². The molecule has 3 aromatic rings. The van der Waals surface area contributed by atoms with Crippen molar-refractivity contribution in [1.29, 1.82) is 0 Å². The third-order valence-electron chi connectivity index (χ3n) is 5.82. The third kappa shape index (κ3) is 3.90. The van der Waals surface area contributed by atoms with Crippen LogP contribution in [-0.2, 0) is 10.2 Å². The zero-order valence-corrected chi connectivity index (χ0v) is 17.0. The van der Waals surface area contributed by atoms with Gasteiger partial charge in [0.15, 0.2) is 0 Å². The second-order valence-electron chi connectivity index (χ2n) is 7.75. The van der Waals surface area contributed by atoms with Gasteiger partial charge < -0.3 is 0 Å². The number of hydrogen-bond donors (Lipinski definition) is 1. The number of carbonyl (C=O) groups excluding carboxylic acids is 1. The summed E-state index contributed by atoms with van der Waals surface area (Å²) in [4.78, 5) is 13.1. The molecule has 0 bridgehead atoms. The molecule has 1 amide bonds. The maximum atomic E-state index is 13.3. The molecule has 3 nitrogen and oxygen atoms in total. The molecule has 1 aliphatic rings. The molecule has 1 saturated carbocycles. The minimum atomic E-state index is -0.317. The van der Waals surface area contributed by atoms with Crippen molar-refractivity contribution in [1.82, 2.24) is 5.43 Å². The largest absolute Gasteiger partial charge is 0.273 e. The van der Waals surface area contributed by atoms with Crippen molar-refractivity contribution in [3.63, 3.8) is 0 Å². The van der Waals surface area contributed by atoms with Gasteiger partial charge in [-0.2, -0.15) is 5.10 Å². The lowest BCUT2D eigenvalue weighted by Gasteiger charge is -2.18. The number of rotatable bonds is 7. The van der Waals surface area contributed by atoms with Crippen molar-refractivity contribution in [2.75, 3.05) is 0 Å². The van der Waals surface area contributed by atoms with E-state index in [2.05, 4.69) is 41.7 Å². The zero-order valence-electron chi connectivity index (χ0n) is 17.0. The SMILES string of the molecule is CCCC(=NNC(=O)C1CC1(c1ccccc1)c1ccccc1)c1ccc(F)cc1. The Morgan fingerprint density at radius 1 is 0.967 bits per heavy atom. The molecule has 0 spiro atoms. The average Bonchev–Trinajstić information content (AvgIpc) is 3.55. The molecule has 30 heavy (non-hydrogen) atoms. The van der Waals surface area contributed by atoms with Crippen LogP contribution in [0.3, 0.4) is 0 Å². The van der Waals surface area contributed by atoms with Crippen molar-refractivity contribution in [2.24, 2.45) is 11.0 Å². The third-order valence-corrected chi connectivity index (χ3v) is 5.82. The molecule has 0 saturated heterocycles. The van der Waals surface area contributed by atoms with E-state index in [0.717, 1.165) is 35.2 Å². The highest BCUT2D eigenvalue weighted by atomic mass is 19.1. The lowest BCUT2D eigenvalue weighted by Crippen LogP contribution is -2.26. The molecule has 152 valence electrons. The normalized spacial score (nSPS) is 17.4. The Balaban J connectivity index is 1.58.